The monoisotopic (exact) mass is 262 g/mol. The predicted octanol–water partition coefficient (Wildman–Crippen LogP) is -0.987. The number of aliphatic hydroxyl groups is 1. The molecule has 0 aromatic carbocycles. The van der Waals surface area contributed by atoms with Gasteiger partial charge in [0.05, 0.1) is 17.5 Å². The minimum absolute atomic E-state index is 0.0237. The highest BCUT2D eigenvalue weighted by Gasteiger charge is 2.23. The fourth-order valence-corrected chi connectivity index (χ4v) is 2.82. The average molecular weight is 262 g/mol. The summed E-state index contributed by atoms with van der Waals surface area (Å²) in [6, 6.07) is -0.641. The van der Waals surface area contributed by atoms with Crippen LogP contribution in [0.1, 0.15) is 18.3 Å². The van der Waals surface area contributed by atoms with E-state index in [1.54, 1.807) is 13.8 Å². The fourth-order valence-electron chi connectivity index (χ4n) is 1.39. The number of rotatable bonds is 5. The smallest absolute Gasteiger partial charge is 0.244 e. The van der Waals surface area contributed by atoms with E-state index in [9.17, 15) is 13.5 Å². The summed E-state index contributed by atoms with van der Waals surface area (Å²) in [6.07, 6.45) is -0.774. The summed E-state index contributed by atoms with van der Waals surface area (Å²) in [5.74, 6) is 0. The van der Waals surface area contributed by atoms with Crippen LogP contribution in [0.25, 0.3) is 0 Å². The Morgan fingerprint density at radius 1 is 1.53 bits per heavy atom. The van der Waals surface area contributed by atoms with E-state index in [-0.39, 0.29) is 11.4 Å². The van der Waals surface area contributed by atoms with E-state index < -0.39 is 22.2 Å². The molecule has 7 nitrogen and oxygen atoms in total. The van der Waals surface area contributed by atoms with Crippen LogP contribution in [-0.4, -0.2) is 42.4 Å². The number of nitrogens with two attached hydrogens (primary N) is 1. The fraction of sp³-hybridized carbons (Fsp3) is 0.667. The van der Waals surface area contributed by atoms with Crippen LogP contribution in [0, 0.1) is 13.8 Å². The second-order valence-electron chi connectivity index (χ2n) is 4.02. The van der Waals surface area contributed by atoms with Gasteiger partial charge in [0.15, 0.2) is 0 Å². The Morgan fingerprint density at radius 2 is 2.12 bits per heavy atom. The molecule has 1 heterocycles. The van der Waals surface area contributed by atoms with Crippen molar-refractivity contribution in [1.29, 1.82) is 0 Å². The maximum Gasteiger partial charge on any atom is 0.244 e. The van der Waals surface area contributed by atoms with Gasteiger partial charge >= 0.3 is 0 Å². The van der Waals surface area contributed by atoms with E-state index in [0.29, 0.717) is 11.4 Å². The highest BCUT2D eigenvalue weighted by molar-refractivity contribution is 7.89. The van der Waals surface area contributed by atoms with Crippen molar-refractivity contribution in [3.63, 3.8) is 0 Å². The van der Waals surface area contributed by atoms with Crippen LogP contribution in [0.4, 0.5) is 0 Å². The molecule has 98 valence electrons. The van der Waals surface area contributed by atoms with E-state index in [1.807, 2.05) is 0 Å². The van der Waals surface area contributed by atoms with E-state index in [4.69, 9.17) is 5.73 Å². The number of nitrogens with one attached hydrogen (secondary N) is 2. The largest absolute Gasteiger partial charge is 0.392 e. The normalized spacial score (nSPS) is 15.8. The summed E-state index contributed by atoms with van der Waals surface area (Å²) in [7, 11) is -3.64. The third-order valence-corrected chi connectivity index (χ3v) is 4.14. The average Bonchev–Trinajstić information content (AvgIpc) is 2.55. The molecule has 0 amide bonds. The Balaban J connectivity index is 2.84. The number of nitrogens with zero attached hydrogens (tertiary/aromatic N) is 1. The maximum absolute atomic E-state index is 12.0. The van der Waals surface area contributed by atoms with Gasteiger partial charge in [0, 0.05) is 12.6 Å². The van der Waals surface area contributed by atoms with Crippen molar-refractivity contribution in [3.8, 4) is 0 Å². The van der Waals surface area contributed by atoms with Crippen molar-refractivity contribution in [3.05, 3.63) is 11.4 Å². The zero-order valence-electron chi connectivity index (χ0n) is 10.1. The highest BCUT2D eigenvalue weighted by Crippen LogP contribution is 2.15. The molecule has 5 N–H and O–H groups in total. The first-order valence-electron chi connectivity index (χ1n) is 5.20. The molecule has 0 saturated carbocycles. The molecule has 2 unspecified atom stereocenters. The van der Waals surface area contributed by atoms with Gasteiger partial charge in [-0.25, -0.2) is 13.1 Å². The van der Waals surface area contributed by atoms with Gasteiger partial charge in [-0.05, 0) is 20.8 Å². The Hall–Kier alpha value is -0.960. The molecule has 1 aromatic heterocycles. The van der Waals surface area contributed by atoms with E-state index in [2.05, 4.69) is 14.9 Å². The molecule has 0 radical (unpaired) electrons. The number of sulfonamides is 1. The van der Waals surface area contributed by atoms with Crippen LogP contribution in [0.3, 0.4) is 0 Å². The van der Waals surface area contributed by atoms with Gasteiger partial charge < -0.3 is 10.8 Å². The quantitative estimate of drug-likeness (QED) is 0.543. The zero-order chi connectivity index (χ0) is 13.2. The number of aromatic nitrogens is 2. The molecule has 8 heteroatoms. The Bertz CT molecular complexity index is 461. The van der Waals surface area contributed by atoms with E-state index in [1.165, 1.54) is 6.92 Å². The molecular weight excluding hydrogens is 244 g/mol. The van der Waals surface area contributed by atoms with Crippen molar-refractivity contribution < 1.29 is 13.5 Å². The number of aryl methyl sites for hydroxylation is 2. The number of hydrogen-bond donors (Lipinski definition) is 4. The van der Waals surface area contributed by atoms with Crippen molar-refractivity contribution in [2.45, 2.75) is 37.8 Å². The third kappa shape index (κ3) is 3.25. The van der Waals surface area contributed by atoms with Gasteiger partial charge in [0.2, 0.25) is 10.0 Å². The first-order chi connectivity index (χ1) is 7.75. The van der Waals surface area contributed by atoms with E-state index in [0.717, 1.165) is 0 Å². The summed E-state index contributed by atoms with van der Waals surface area (Å²) in [5, 5.41) is 15.6. The lowest BCUT2D eigenvalue weighted by molar-refractivity contribution is 0.164. The number of H-pyrrole nitrogens is 1. The van der Waals surface area contributed by atoms with Crippen molar-refractivity contribution >= 4 is 10.0 Å². The molecule has 17 heavy (non-hydrogen) atoms. The lowest BCUT2D eigenvalue weighted by Crippen LogP contribution is -2.43. The third-order valence-electron chi connectivity index (χ3n) is 2.46. The first-order valence-corrected chi connectivity index (χ1v) is 6.69. The molecule has 0 bridgehead atoms. The summed E-state index contributed by atoms with van der Waals surface area (Å²) >= 11 is 0. The summed E-state index contributed by atoms with van der Waals surface area (Å²) < 4.78 is 26.3. The van der Waals surface area contributed by atoms with Crippen molar-refractivity contribution in [2.75, 3.05) is 6.54 Å². The van der Waals surface area contributed by atoms with Gasteiger partial charge in [-0.15, -0.1) is 0 Å². The lowest BCUT2D eigenvalue weighted by Gasteiger charge is -2.15. The zero-order valence-corrected chi connectivity index (χ0v) is 10.9. The second-order valence-corrected chi connectivity index (χ2v) is 5.72. The van der Waals surface area contributed by atoms with Gasteiger partial charge in [-0.2, -0.15) is 5.10 Å². The molecule has 0 spiro atoms. The van der Waals surface area contributed by atoms with Crippen LogP contribution < -0.4 is 10.5 Å². The SMILES string of the molecule is Cc1n[nH]c(C)c1S(=O)(=O)NCC(N)C(C)O. The molecule has 0 aliphatic carbocycles. The molecule has 0 aliphatic heterocycles. The van der Waals surface area contributed by atoms with Gasteiger partial charge in [-0.1, -0.05) is 0 Å². The second kappa shape index (κ2) is 5.13. The lowest BCUT2D eigenvalue weighted by atomic mass is 10.2. The number of hydrogen-bond acceptors (Lipinski definition) is 5. The highest BCUT2D eigenvalue weighted by atomic mass is 32.2. The molecule has 0 fully saturated rings. The molecule has 0 aliphatic rings. The maximum atomic E-state index is 12.0. The van der Waals surface area contributed by atoms with Crippen LogP contribution in [-0.2, 0) is 10.0 Å². The Morgan fingerprint density at radius 3 is 2.53 bits per heavy atom. The first kappa shape index (κ1) is 14.1. The summed E-state index contributed by atoms with van der Waals surface area (Å²) in [6.45, 7) is 4.72. The topological polar surface area (TPSA) is 121 Å². The van der Waals surface area contributed by atoms with Crippen LogP contribution in [0.15, 0.2) is 4.90 Å². The minimum atomic E-state index is -3.64. The minimum Gasteiger partial charge on any atom is -0.392 e. The van der Waals surface area contributed by atoms with E-state index >= 15 is 0 Å². The van der Waals surface area contributed by atoms with Crippen LogP contribution >= 0.6 is 0 Å². The molecule has 1 aromatic rings. The molecule has 0 saturated heterocycles. The van der Waals surface area contributed by atoms with Crippen LogP contribution in [0.5, 0.6) is 0 Å². The molecule has 2 atom stereocenters. The summed E-state index contributed by atoms with van der Waals surface area (Å²) in [4.78, 5) is 0.135. The van der Waals surface area contributed by atoms with Gasteiger partial charge in [0.25, 0.3) is 0 Å². The van der Waals surface area contributed by atoms with Crippen LogP contribution in [0.2, 0.25) is 0 Å². The number of aliphatic hydroxyl groups excluding tert-OH is 1. The Kier molecular flexibility index (Phi) is 4.26. The standard InChI is InChI=1S/C9H18N4O3S/c1-5-9(6(2)13-12-5)17(15,16)11-4-8(10)7(3)14/h7-8,11,14H,4,10H2,1-3H3,(H,12,13). The summed E-state index contributed by atoms with van der Waals surface area (Å²) in [5.41, 5.74) is 6.43. The van der Waals surface area contributed by atoms with Crippen molar-refractivity contribution in [2.24, 2.45) is 5.73 Å². The predicted molar refractivity (Wildman–Crippen MR) is 62.9 cm³/mol. The molecular formula is C9H18N4O3S. The van der Waals surface area contributed by atoms with Crippen molar-refractivity contribution in [1.82, 2.24) is 14.9 Å². The number of aromatic amines is 1. The Labute approximate surface area is 100 Å². The van der Waals surface area contributed by atoms with Gasteiger partial charge in [-0.3, -0.25) is 5.10 Å². The van der Waals surface area contributed by atoms with Gasteiger partial charge in [0.1, 0.15) is 4.90 Å². The molecule has 1 rings (SSSR count).